The summed E-state index contributed by atoms with van der Waals surface area (Å²) < 4.78 is 7.18. The SMILES string of the molecule is CCCCn1nc(C)c(/C=C/C(=O)c2cc(C)oc2C)c1Cl. The van der Waals surface area contributed by atoms with Crippen molar-refractivity contribution in [3.63, 3.8) is 0 Å². The highest BCUT2D eigenvalue weighted by molar-refractivity contribution is 6.31. The molecular formula is C17H21ClN2O2. The van der Waals surface area contributed by atoms with Gasteiger partial charge in [-0.3, -0.25) is 9.48 Å². The molecule has 0 atom stereocenters. The predicted octanol–water partition coefficient (Wildman–Crippen LogP) is 4.75. The van der Waals surface area contributed by atoms with Crippen LogP contribution < -0.4 is 0 Å². The van der Waals surface area contributed by atoms with Crippen LogP contribution >= 0.6 is 11.6 Å². The molecule has 0 saturated heterocycles. The van der Waals surface area contributed by atoms with Crippen LogP contribution in [0.3, 0.4) is 0 Å². The maximum Gasteiger partial charge on any atom is 0.189 e. The lowest BCUT2D eigenvalue weighted by atomic mass is 10.1. The van der Waals surface area contributed by atoms with Crippen LogP contribution in [0, 0.1) is 20.8 Å². The Morgan fingerprint density at radius 3 is 2.73 bits per heavy atom. The van der Waals surface area contributed by atoms with Gasteiger partial charge in [0.25, 0.3) is 0 Å². The van der Waals surface area contributed by atoms with Crippen LogP contribution in [0.5, 0.6) is 0 Å². The number of rotatable bonds is 6. The molecule has 22 heavy (non-hydrogen) atoms. The van der Waals surface area contributed by atoms with Crippen molar-refractivity contribution < 1.29 is 9.21 Å². The second kappa shape index (κ2) is 6.97. The van der Waals surface area contributed by atoms with E-state index in [1.54, 1.807) is 23.7 Å². The molecule has 0 unspecified atom stereocenters. The van der Waals surface area contributed by atoms with E-state index >= 15 is 0 Å². The van der Waals surface area contributed by atoms with Gasteiger partial charge in [0.2, 0.25) is 0 Å². The van der Waals surface area contributed by atoms with E-state index in [9.17, 15) is 4.79 Å². The van der Waals surface area contributed by atoms with Crippen LogP contribution in [0.1, 0.15) is 52.9 Å². The Morgan fingerprint density at radius 1 is 1.41 bits per heavy atom. The summed E-state index contributed by atoms with van der Waals surface area (Å²) in [4.78, 5) is 12.2. The molecule has 2 aromatic rings. The molecule has 118 valence electrons. The van der Waals surface area contributed by atoms with Crippen LogP contribution in [0.4, 0.5) is 0 Å². The molecular weight excluding hydrogens is 300 g/mol. The molecule has 2 rings (SSSR count). The average molecular weight is 321 g/mol. The van der Waals surface area contributed by atoms with Crippen LogP contribution in [0.15, 0.2) is 16.6 Å². The van der Waals surface area contributed by atoms with Crippen molar-refractivity contribution >= 4 is 23.5 Å². The number of aryl methyl sites for hydroxylation is 4. The quantitative estimate of drug-likeness (QED) is 0.570. The Hall–Kier alpha value is -1.81. The predicted molar refractivity (Wildman–Crippen MR) is 88.4 cm³/mol. The summed E-state index contributed by atoms with van der Waals surface area (Å²) >= 11 is 6.35. The molecule has 0 radical (unpaired) electrons. The smallest absolute Gasteiger partial charge is 0.189 e. The minimum Gasteiger partial charge on any atom is -0.466 e. The lowest BCUT2D eigenvalue weighted by molar-refractivity contribution is 0.104. The minimum atomic E-state index is -0.0916. The summed E-state index contributed by atoms with van der Waals surface area (Å²) in [6.45, 7) is 8.42. The summed E-state index contributed by atoms with van der Waals surface area (Å²) in [6.07, 6.45) is 5.36. The zero-order valence-corrected chi connectivity index (χ0v) is 14.2. The fraction of sp³-hybridized carbons (Fsp3) is 0.412. The summed E-state index contributed by atoms with van der Waals surface area (Å²) in [5.74, 6) is 1.27. The number of aromatic nitrogens is 2. The number of halogens is 1. The highest BCUT2D eigenvalue weighted by atomic mass is 35.5. The lowest BCUT2D eigenvalue weighted by Crippen LogP contribution is -1.99. The largest absolute Gasteiger partial charge is 0.466 e. The van der Waals surface area contributed by atoms with E-state index in [-0.39, 0.29) is 5.78 Å². The fourth-order valence-corrected chi connectivity index (χ4v) is 2.66. The standard InChI is InChI=1S/C17H21ClN2O2/c1-5-6-9-20-17(18)14(12(3)19-20)7-8-16(21)15-10-11(2)22-13(15)4/h7-8,10H,5-6,9H2,1-4H3/b8-7+. The number of hydrogen-bond donors (Lipinski definition) is 0. The normalized spacial score (nSPS) is 11.5. The molecule has 2 aromatic heterocycles. The van der Waals surface area contributed by atoms with Gasteiger partial charge in [-0.2, -0.15) is 5.10 Å². The Bertz CT molecular complexity index is 711. The molecule has 2 heterocycles. The number of allylic oxidation sites excluding steroid dienone is 1. The van der Waals surface area contributed by atoms with Crippen molar-refractivity contribution in [1.29, 1.82) is 0 Å². The highest BCUT2D eigenvalue weighted by Crippen LogP contribution is 2.22. The summed E-state index contributed by atoms with van der Waals surface area (Å²) in [7, 11) is 0. The first-order chi connectivity index (χ1) is 10.4. The first-order valence-electron chi connectivity index (χ1n) is 7.46. The first kappa shape index (κ1) is 16.6. The number of furan rings is 1. The Balaban J connectivity index is 2.21. The minimum absolute atomic E-state index is 0.0916. The second-order valence-electron chi connectivity index (χ2n) is 5.39. The number of ketones is 1. The number of carbonyl (C=O) groups excluding carboxylic acids is 1. The Morgan fingerprint density at radius 2 is 2.14 bits per heavy atom. The van der Waals surface area contributed by atoms with Gasteiger partial charge in [0.1, 0.15) is 16.7 Å². The van der Waals surface area contributed by atoms with E-state index in [0.29, 0.717) is 16.5 Å². The maximum atomic E-state index is 12.2. The van der Waals surface area contributed by atoms with Crippen molar-refractivity contribution in [2.75, 3.05) is 0 Å². The molecule has 0 aliphatic heterocycles. The van der Waals surface area contributed by atoms with Gasteiger partial charge in [0.15, 0.2) is 5.78 Å². The van der Waals surface area contributed by atoms with E-state index in [2.05, 4.69) is 12.0 Å². The molecule has 0 fully saturated rings. The van der Waals surface area contributed by atoms with E-state index in [4.69, 9.17) is 16.0 Å². The fourth-order valence-electron chi connectivity index (χ4n) is 2.34. The third-order valence-electron chi connectivity index (χ3n) is 3.54. The van der Waals surface area contributed by atoms with E-state index < -0.39 is 0 Å². The Labute approximate surface area is 135 Å². The summed E-state index contributed by atoms with van der Waals surface area (Å²) in [6, 6.07) is 1.75. The van der Waals surface area contributed by atoms with Gasteiger partial charge < -0.3 is 4.42 Å². The monoisotopic (exact) mass is 320 g/mol. The molecule has 0 N–H and O–H groups in total. The highest BCUT2D eigenvalue weighted by Gasteiger charge is 2.13. The van der Waals surface area contributed by atoms with Crippen molar-refractivity contribution in [1.82, 2.24) is 9.78 Å². The molecule has 0 spiro atoms. The number of carbonyl (C=O) groups is 1. The molecule has 5 heteroatoms. The van der Waals surface area contributed by atoms with Gasteiger partial charge in [0.05, 0.1) is 11.3 Å². The van der Waals surface area contributed by atoms with Gasteiger partial charge in [-0.05, 0) is 45.4 Å². The van der Waals surface area contributed by atoms with Gasteiger partial charge in [-0.15, -0.1) is 0 Å². The number of unbranched alkanes of at least 4 members (excludes halogenated alkanes) is 1. The van der Waals surface area contributed by atoms with Crippen LogP contribution in [0.2, 0.25) is 5.15 Å². The molecule has 0 bridgehead atoms. The third-order valence-corrected chi connectivity index (χ3v) is 3.94. The van der Waals surface area contributed by atoms with Crippen LogP contribution in [0.25, 0.3) is 6.08 Å². The van der Waals surface area contributed by atoms with Crippen LogP contribution in [-0.2, 0) is 6.54 Å². The Kier molecular flexibility index (Phi) is 5.24. The lowest BCUT2D eigenvalue weighted by Gasteiger charge is -2.00. The number of hydrogen-bond acceptors (Lipinski definition) is 3. The van der Waals surface area contributed by atoms with E-state index in [1.807, 2.05) is 13.8 Å². The van der Waals surface area contributed by atoms with E-state index in [1.165, 1.54) is 6.08 Å². The molecule has 0 aliphatic rings. The molecule has 0 amide bonds. The summed E-state index contributed by atoms with van der Waals surface area (Å²) in [5, 5.41) is 5.00. The first-order valence-corrected chi connectivity index (χ1v) is 7.84. The van der Waals surface area contributed by atoms with Crippen molar-refractivity contribution in [2.24, 2.45) is 0 Å². The van der Waals surface area contributed by atoms with Gasteiger partial charge in [-0.25, -0.2) is 0 Å². The maximum absolute atomic E-state index is 12.2. The second-order valence-corrected chi connectivity index (χ2v) is 5.75. The molecule has 0 aliphatic carbocycles. The average Bonchev–Trinajstić information content (AvgIpc) is 2.94. The zero-order chi connectivity index (χ0) is 16.3. The zero-order valence-electron chi connectivity index (χ0n) is 13.4. The van der Waals surface area contributed by atoms with Gasteiger partial charge in [0, 0.05) is 12.1 Å². The molecule has 4 nitrogen and oxygen atoms in total. The van der Waals surface area contributed by atoms with E-state index in [0.717, 1.165) is 36.4 Å². The van der Waals surface area contributed by atoms with Crippen molar-refractivity contribution in [2.45, 2.75) is 47.1 Å². The van der Waals surface area contributed by atoms with Gasteiger partial charge >= 0.3 is 0 Å². The van der Waals surface area contributed by atoms with Crippen molar-refractivity contribution in [3.05, 3.63) is 45.6 Å². The third kappa shape index (κ3) is 3.50. The molecule has 0 saturated carbocycles. The molecule has 0 aromatic carbocycles. The van der Waals surface area contributed by atoms with Gasteiger partial charge in [-0.1, -0.05) is 24.9 Å². The number of nitrogens with zero attached hydrogens (tertiary/aromatic N) is 2. The van der Waals surface area contributed by atoms with Crippen LogP contribution in [-0.4, -0.2) is 15.6 Å². The van der Waals surface area contributed by atoms with Crippen molar-refractivity contribution in [3.8, 4) is 0 Å². The summed E-state index contributed by atoms with van der Waals surface area (Å²) in [5.41, 5.74) is 2.20. The topological polar surface area (TPSA) is 48.0 Å².